The maximum atomic E-state index is 13.5. The molecule has 2 atom stereocenters. The van der Waals surface area contributed by atoms with Crippen molar-refractivity contribution < 1.29 is 52.5 Å². The van der Waals surface area contributed by atoms with Crippen LogP contribution in [0.15, 0.2) is 72.8 Å². The first kappa shape index (κ1) is 29.0. The van der Waals surface area contributed by atoms with Crippen molar-refractivity contribution in [2.75, 3.05) is 0 Å². The highest BCUT2D eigenvalue weighted by atomic mass is 16.7. The first-order valence-corrected chi connectivity index (χ1v) is 12.3. The largest absolute Gasteiger partial charge is 0.427 e. The van der Waals surface area contributed by atoms with Crippen molar-refractivity contribution in [1.82, 2.24) is 0 Å². The fourth-order valence-corrected chi connectivity index (χ4v) is 3.99. The highest BCUT2D eigenvalue weighted by Gasteiger charge is 2.48. The van der Waals surface area contributed by atoms with Gasteiger partial charge in [-0.25, -0.2) is 0 Å². The monoisotopic (exact) mass is 560 g/mol. The van der Waals surface area contributed by atoms with Crippen LogP contribution in [0.25, 0.3) is 0 Å². The second-order valence-corrected chi connectivity index (χ2v) is 8.89. The Morgan fingerprint density at radius 1 is 0.463 bits per heavy atom. The lowest BCUT2D eigenvalue weighted by Crippen LogP contribution is -2.37. The summed E-state index contributed by atoms with van der Waals surface area (Å²) in [6.07, 6.45) is -4.59. The average Bonchev–Trinajstić information content (AvgIpc) is 3.38. The van der Waals surface area contributed by atoms with Crippen LogP contribution in [0.1, 0.15) is 51.8 Å². The van der Waals surface area contributed by atoms with Crippen molar-refractivity contribution in [3.8, 4) is 17.2 Å². The van der Waals surface area contributed by atoms with E-state index in [9.17, 15) is 28.8 Å². The van der Waals surface area contributed by atoms with Gasteiger partial charge in [0.05, 0.1) is 0 Å². The molecule has 0 saturated carbocycles. The highest BCUT2D eigenvalue weighted by Crippen LogP contribution is 2.29. The summed E-state index contributed by atoms with van der Waals surface area (Å²) >= 11 is 0. The van der Waals surface area contributed by atoms with E-state index >= 15 is 0 Å². The summed E-state index contributed by atoms with van der Waals surface area (Å²) < 4.78 is 26.4. The molecule has 0 aliphatic carbocycles. The van der Waals surface area contributed by atoms with Crippen LogP contribution in [-0.4, -0.2) is 53.8 Å². The molecule has 11 nitrogen and oxygen atoms in total. The topological polar surface area (TPSA) is 149 Å². The minimum absolute atomic E-state index is 0.122. The molecule has 0 N–H and O–H groups in total. The van der Waals surface area contributed by atoms with Gasteiger partial charge in [-0.3, -0.25) is 28.8 Å². The molecule has 4 rings (SSSR count). The molecule has 0 unspecified atom stereocenters. The van der Waals surface area contributed by atoms with Gasteiger partial charge in [0.2, 0.25) is 12.1 Å². The zero-order valence-electron chi connectivity index (χ0n) is 22.2. The molecule has 3 aromatic rings. The number of ether oxygens (including phenoxy) is 5. The number of Topliss-reactive ketones (excluding diaryl/α,β-unsaturated/α-hetero) is 3. The van der Waals surface area contributed by atoms with Gasteiger partial charge in [-0.05, 0) is 72.8 Å². The molecule has 41 heavy (non-hydrogen) atoms. The van der Waals surface area contributed by atoms with Crippen molar-refractivity contribution in [3.05, 3.63) is 89.5 Å². The van der Waals surface area contributed by atoms with E-state index in [0.717, 1.165) is 0 Å². The van der Waals surface area contributed by atoms with Gasteiger partial charge in [-0.2, -0.15) is 0 Å². The van der Waals surface area contributed by atoms with Crippen LogP contribution in [0, 0.1) is 0 Å². The Labute approximate surface area is 233 Å². The molecule has 11 heteroatoms. The smallest absolute Gasteiger partial charge is 0.308 e. The van der Waals surface area contributed by atoms with Crippen LogP contribution in [-0.2, 0) is 23.9 Å². The van der Waals surface area contributed by atoms with Gasteiger partial charge in [0.25, 0.3) is 0 Å². The minimum atomic E-state index is -1.60. The summed E-state index contributed by atoms with van der Waals surface area (Å²) in [5.74, 6) is -2.92. The van der Waals surface area contributed by atoms with Crippen molar-refractivity contribution >= 4 is 35.3 Å². The molecule has 0 radical (unpaired) electrons. The number of hydrogen-bond acceptors (Lipinski definition) is 11. The van der Waals surface area contributed by atoms with Crippen LogP contribution >= 0.6 is 0 Å². The lowest BCUT2D eigenvalue weighted by Gasteiger charge is -2.15. The maximum Gasteiger partial charge on any atom is 0.308 e. The Balaban J connectivity index is 1.60. The van der Waals surface area contributed by atoms with E-state index < -0.39 is 53.8 Å². The summed E-state index contributed by atoms with van der Waals surface area (Å²) in [5.41, 5.74) is 0.370. The molecule has 1 heterocycles. The minimum Gasteiger partial charge on any atom is -0.427 e. The quantitative estimate of drug-likeness (QED) is 0.215. The molecule has 0 spiro atoms. The second kappa shape index (κ2) is 12.5. The van der Waals surface area contributed by atoms with Gasteiger partial charge in [-0.15, -0.1) is 0 Å². The normalized spacial score (nSPS) is 16.5. The van der Waals surface area contributed by atoms with E-state index in [0.29, 0.717) is 0 Å². The molecule has 0 amide bonds. The molecule has 3 aromatic carbocycles. The summed E-state index contributed by atoms with van der Waals surface area (Å²) in [6.45, 7) is 3.71. The zero-order valence-corrected chi connectivity index (χ0v) is 22.2. The van der Waals surface area contributed by atoms with Gasteiger partial charge in [-0.1, -0.05) is 0 Å². The lowest BCUT2D eigenvalue weighted by atomic mass is 9.96. The fraction of sp³-hybridized carbons (Fsp3) is 0.200. The summed E-state index contributed by atoms with van der Waals surface area (Å²) in [4.78, 5) is 73.7. The van der Waals surface area contributed by atoms with Crippen molar-refractivity contribution in [2.24, 2.45) is 0 Å². The molecular formula is C30H24O11. The number of carbonyl (C=O) groups is 6. The van der Waals surface area contributed by atoms with Crippen LogP contribution < -0.4 is 14.2 Å². The fourth-order valence-electron chi connectivity index (χ4n) is 3.99. The number of hydrogen-bond donors (Lipinski definition) is 0. The van der Waals surface area contributed by atoms with Crippen molar-refractivity contribution in [1.29, 1.82) is 0 Å². The van der Waals surface area contributed by atoms with Gasteiger partial charge in [0, 0.05) is 37.5 Å². The van der Waals surface area contributed by atoms with E-state index in [-0.39, 0.29) is 33.9 Å². The Bertz CT molecular complexity index is 1410. The van der Waals surface area contributed by atoms with E-state index in [1.54, 1.807) is 0 Å². The van der Waals surface area contributed by atoms with Crippen LogP contribution in [0.4, 0.5) is 0 Å². The van der Waals surface area contributed by atoms with E-state index in [1.165, 1.54) is 93.6 Å². The van der Waals surface area contributed by atoms with Gasteiger partial charge in [0.1, 0.15) is 17.2 Å². The molecular weight excluding hydrogens is 536 g/mol. The summed E-state index contributed by atoms with van der Waals surface area (Å²) in [6, 6.07) is 16.8. The Kier molecular flexibility index (Phi) is 8.81. The third-order valence-corrected chi connectivity index (χ3v) is 5.75. The van der Waals surface area contributed by atoms with Crippen LogP contribution in [0.2, 0.25) is 0 Å². The predicted octanol–water partition coefficient (Wildman–Crippen LogP) is 3.52. The van der Waals surface area contributed by atoms with Gasteiger partial charge < -0.3 is 23.7 Å². The van der Waals surface area contributed by atoms with E-state index in [1.807, 2.05) is 0 Å². The number of esters is 3. The molecule has 0 bridgehead atoms. The van der Waals surface area contributed by atoms with Crippen molar-refractivity contribution in [2.45, 2.75) is 39.3 Å². The number of ketones is 3. The van der Waals surface area contributed by atoms with Gasteiger partial charge >= 0.3 is 17.9 Å². The number of rotatable bonds is 9. The Morgan fingerprint density at radius 2 is 0.732 bits per heavy atom. The maximum absolute atomic E-state index is 13.5. The summed E-state index contributed by atoms with van der Waals surface area (Å²) in [5, 5.41) is 0. The Morgan fingerprint density at radius 3 is 1.00 bits per heavy atom. The number of benzene rings is 3. The SMILES string of the molecule is CC(=O)Oc1ccc(C(=O)C2O[C@@H](C(=O)c3ccc(OC(C)=O)cc3)[C@H](C(=O)c3ccc(OC(C)=O)cc3)O2)cc1. The van der Waals surface area contributed by atoms with E-state index in [2.05, 4.69) is 0 Å². The second-order valence-electron chi connectivity index (χ2n) is 8.89. The molecule has 1 saturated heterocycles. The first-order valence-electron chi connectivity index (χ1n) is 12.3. The molecule has 1 aliphatic rings. The molecule has 0 aromatic heterocycles. The van der Waals surface area contributed by atoms with Gasteiger partial charge in [0.15, 0.2) is 23.8 Å². The predicted molar refractivity (Wildman–Crippen MR) is 140 cm³/mol. The van der Waals surface area contributed by atoms with E-state index in [4.69, 9.17) is 23.7 Å². The average molecular weight is 561 g/mol. The third kappa shape index (κ3) is 7.15. The van der Waals surface area contributed by atoms with Crippen molar-refractivity contribution in [3.63, 3.8) is 0 Å². The number of carbonyl (C=O) groups excluding carboxylic acids is 6. The highest BCUT2D eigenvalue weighted by molar-refractivity contribution is 6.09. The molecule has 210 valence electrons. The zero-order chi connectivity index (χ0) is 29.7. The lowest BCUT2D eigenvalue weighted by molar-refractivity contribution is -0.132. The standard InChI is InChI=1S/C30H24O11/c1-16(31)37-22-10-4-19(5-11-22)25(34)28-29(26(35)20-6-12-23(13-7-20)38-17(2)32)41-30(40-28)27(36)21-8-14-24(15-9-21)39-18(3)33/h4-15,28-30H,1-3H3/t28-,29-/m0/s1. The van der Waals surface area contributed by atoms with Crippen LogP contribution in [0.3, 0.4) is 0 Å². The molecule has 1 aliphatic heterocycles. The third-order valence-electron chi connectivity index (χ3n) is 5.75. The Hall–Kier alpha value is -5.00. The van der Waals surface area contributed by atoms with Crippen LogP contribution in [0.5, 0.6) is 17.2 Å². The first-order chi connectivity index (χ1) is 19.5. The molecule has 1 fully saturated rings. The summed E-state index contributed by atoms with van der Waals surface area (Å²) in [7, 11) is 0.